The SMILES string of the molecule is CN(CC1CC1)C(=O)CN1CCCC1C(=O)O.Cl. The van der Waals surface area contributed by atoms with Crippen LogP contribution in [0.2, 0.25) is 0 Å². The maximum absolute atomic E-state index is 11.9. The molecule has 0 bridgehead atoms. The van der Waals surface area contributed by atoms with Crippen LogP contribution in [0.15, 0.2) is 0 Å². The lowest BCUT2D eigenvalue weighted by Crippen LogP contribution is -2.43. The van der Waals surface area contributed by atoms with Crippen LogP contribution in [0, 0.1) is 5.92 Å². The number of hydrogen-bond donors (Lipinski definition) is 1. The number of carbonyl (C=O) groups excluding carboxylic acids is 1. The molecule has 104 valence electrons. The smallest absolute Gasteiger partial charge is 0.320 e. The van der Waals surface area contributed by atoms with Crippen molar-refractivity contribution in [2.24, 2.45) is 5.92 Å². The summed E-state index contributed by atoms with van der Waals surface area (Å²) < 4.78 is 0. The highest BCUT2D eigenvalue weighted by Crippen LogP contribution is 2.29. The van der Waals surface area contributed by atoms with Crippen LogP contribution in [0.25, 0.3) is 0 Å². The van der Waals surface area contributed by atoms with Gasteiger partial charge >= 0.3 is 5.97 Å². The molecule has 1 atom stereocenters. The van der Waals surface area contributed by atoms with E-state index in [1.54, 1.807) is 9.80 Å². The molecule has 0 spiro atoms. The molecule has 5 nitrogen and oxygen atoms in total. The number of carboxylic acids is 1. The third-order valence-electron chi connectivity index (χ3n) is 3.64. The fraction of sp³-hybridized carbons (Fsp3) is 0.833. The standard InChI is InChI=1S/C12H20N2O3.ClH/c1-13(7-9-4-5-9)11(15)8-14-6-2-3-10(14)12(16)17;/h9-10H,2-8H2,1H3,(H,16,17);1H. The summed E-state index contributed by atoms with van der Waals surface area (Å²) in [7, 11) is 1.81. The van der Waals surface area contributed by atoms with Crippen LogP contribution in [0.5, 0.6) is 0 Å². The number of rotatable bonds is 5. The van der Waals surface area contributed by atoms with E-state index in [9.17, 15) is 9.59 Å². The Hall–Kier alpha value is -0.810. The Morgan fingerprint density at radius 3 is 2.56 bits per heavy atom. The first-order chi connectivity index (χ1) is 8.08. The van der Waals surface area contributed by atoms with Gasteiger partial charge in [0.25, 0.3) is 0 Å². The highest BCUT2D eigenvalue weighted by molar-refractivity contribution is 5.85. The predicted octanol–water partition coefficient (Wildman–Crippen LogP) is 0.826. The van der Waals surface area contributed by atoms with Gasteiger partial charge in [0.05, 0.1) is 6.54 Å². The van der Waals surface area contributed by atoms with Gasteiger partial charge in [-0.25, -0.2) is 0 Å². The summed E-state index contributed by atoms with van der Waals surface area (Å²) in [5, 5.41) is 9.02. The lowest BCUT2D eigenvalue weighted by Gasteiger charge is -2.24. The van der Waals surface area contributed by atoms with E-state index in [4.69, 9.17) is 5.11 Å². The molecule has 1 heterocycles. The zero-order valence-corrected chi connectivity index (χ0v) is 11.5. The van der Waals surface area contributed by atoms with Gasteiger partial charge in [-0.15, -0.1) is 12.4 Å². The molecule has 1 N–H and O–H groups in total. The summed E-state index contributed by atoms with van der Waals surface area (Å²) in [4.78, 5) is 26.4. The Morgan fingerprint density at radius 1 is 1.33 bits per heavy atom. The molecule has 0 aromatic heterocycles. The number of nitrogens with zero attached hydrogens (tertiary/aromatic N) is 2. The molecule has 1 amide bonds. The first-order valence-electron chi connectivity index (χ1n) is 6.28. The molecular weight excluding hydrogens is 256 g/mol. The summed E-state index contributed by atoms with van der Waals surface area (Å²) in [6.07, 6.45) is 3.98. The highest BCUT2D eigenvalue weighted by atomic mass is 35.5. The van der Waals surface area contributed by atoms with Crippen molar-refractivity contribution in [2.75, 3.05) is 26.7 Å². The fourth-order valence-corrected chi connectivity index (χ4v) is 2.38. The van der Waals surface area contributed by atoms with Gasteiger partial charge < -0.3 is 10.0 Å². The van der Waals surface area contributed by atoms with Crippen molar-refractivity contribution in [1.29, 1.82) is 0 Å². The number of amides is 1. The predicted molar refractivity (Wildman–Crippen MR) is 69.8 cm³/mol. The van der Waals surface area contributed by atoms with E-state index in [1.807, 2.05) is 7.05 Å². The number of hydrogen-bond acceptors (Lipinski definition) is 3. The van der Waals surface area contributed by atoms with Crippen molar-refractivity contribution in [3.8, 4) is 0 Å². The first kappa shape index (κ1) is 15.2. The Kier molecular flexibility index (Phi) is 5.41. The molecule has 1 unspecified atom stereocenters. The average Bonchev–Trinajstić information content (AvgIpc) is 2.94. The van der Waals surface area contributed by atoms with Gasteiger partial charge in [-0.3, -0.25) is 14.5 Å². The molecule has 0 aromatic carbocycles. The van der Waals surface area contributed by atoms with Crippen LogP contribution in [0.4, 0.5) is 0 Å². The van der Waals surface area contributed by atoms with E-state index in [0.29, 0.717) is 12.3 Å². The van der Waals surface area contributed by atoms with E-state index in [1.165, 1.54) is 12.8 Å². The van der Waals surface area contributed by atoms with Crippen molar-refractivity contribution >= 4 is 24.3 Å². The molecular formula is C12H21ClN2O3. The lowest BCUT2D eigenvalue weighted by molar-refractivity contribution is -0.143. The van der Waals surface area contributed by atoms with Crippen LogP contribution in [0.1, 0.15) is 25.7 Å². The molecule has 1 aliphatic carbocycles. The van der Waals surface area contributed by atoms with Gasteiger partial charge in [0, 0.05) is 13.6 Å². The van der Waals surface area contributed by atoms with Crippen molar-refractivity contribution in [2.45, 2.75) is 31.7 Å². The van der Waals surface area contributed by atoms with E-state index in [2.05, 4.69) is 0 Å². The largest absolute Gasteiger partial charge is 0.480 e. The van der Waals surface area contributed by atoms with Crippen molar-refractivity contribution in [3.05, 3.63) is 0 Å². The van der Waals surface area contributed by atoms with Crippen molar-refractivity contribution < 1.29 is 14.7 Å². The van der Waals surface area contributed by atoms with Crippen LogP contribution in [-0.4, -0.2) is 59.5 Å². The quantitative estimate of drug-likeness (QED) is 0.808. The van der Waals surface area contributed by atoms with Gasteiger partial charge in [0.2, 0.25) is 5.91 Å². The minimum absolute atomic E-state index is 0. The van der Waals surface area contributed by atoms with Gasteiger partial charge in [0.1, 0.15) is 6.04 Å². The zero-order valence-electron chi connectivity index (χ0n) is 10.7. The summed E-state index contributed by atoms with van der Waals surface area (Å²) in [6.45, 7) is 1.80. The Labute approximate surface area is 114 Å². The molecule has 2 aliphatic rings. The summed E-state index contributed by atoms with van der Waals surface area (Å²) in [6, 6.07) is -0.465. The molecule has 1 aliphatic heterocycles. The number of aliphatic carboxylic acids is 1. The molecule has 6 heteroatoms. The lowest BCUT2D eigenvalue weighted by atomic mass is 10.2. The molecule has 18 heavy (non-hydrogen) atoms. The zero-order chi connectivity index (χ0) is 12.4. The van der Waals surface area contributed by atoms with E-state index in [-0.39, 0.29) is 24.9 Å². The Bertz CT molecular complexity index is 320. The van der Waals surface area contributed by atoms with Crippen LogP contribution in [0.3, 0.4) is 0 Å². The Balaban J connectivity index is 0.00000162. The van der Waals surface area contributed by atoms with E-state index < -0.39 is 12.0 Å². The first-order valence-corrected chi connectivity index (χ1v) is 6.28. The van der Waals surface area contributed by atoms with E-state index >= 15 is 0 Å². The second kappa shape index (κ2) is 6.38. The Morgan fingerprint density at radius 2 is 2.00 bits per heavy atom. The molecule has 1 saturated carbocycles. The summed E-state index contributed by atoms with van der Waals surface area (Å²) >= 11 is 0. The summed E-state index contributed by atoms with van der Waals surface area (Å²) in [5.74, 6) is -0.0806. The molecule has 0 aromatic rings. The normalized spacial score (nSPS) is 23.5. The molecule has 0 radical (unpaired) electrons. The number of likely N-dealkylation sites (N-methyl/N-ethyl adjacent to an activating group) is 1. The summed E-state index contributed by atoms with van der Waals surface area (Å²) in [5.41, 5.74) is 0. The second-order valence-corrected chi connectivity index (χ2v) is 5.18. The fourth-order valence-electron chi connectivity index (χ4n) is 2.38. The topological polar surface area (TPSA) is 60.9 Å². The third kappa shape index (κ3) is 3.85. The monoisotopic (exact) mass is 276 g/mol. The van der Waals surface area contributed by atoms with Gasteiger partial charge in [-0.1, -0.05) is 0 Å². The van der Waals surface area contributed by atoms with E-state index in [0.717, 1.165) is 19.5 Å². The van der Waals surface area contributed by atoms with Crippen molar-refractivity contribution in [1.82, 2.24) is 9.80 Å². The van der Waals surface area contributed by atoms with Gasteiger partial charge in [-0.2, -0.15) is 0 Å². The van der Waals surface area contributed by atoms with Gasteiger partial charge in [-0.05, 0) is 38.1 Å². The number of carboxylic acid groups (broad SMARTS) is 1. The second-order valence-electron chi connectivity index (χ2n) is 5.18. The number of halogens is 1. The maximum Gasteiger partial charge on any atom is 0.320 e. The minimum Gasteiger partial charge on any atom is -0.480 e. The molecule has 2 fully saturated rings. The third-order valence-corrected chi connectivity index (χ3v) is 3.64. The maximum atomic E-state index is 11.9. The highest BCUT2D eigenvalue weighted by Gasteiger charge is 2.33. The molecule has 1 saturated heterocycles. The number of likely N-dealkylation sites (tertiary alicyclic amines) is 1. The number of carbonyl (C=O) groups is 2. The van der Waals surface area contributed by atoms with Gasteiger partial charge in [0.15, 0.2) is 0 Å². The minimum atomic E-state index is -0.805. The molecule has 2 rings (SSSR count). The van der Waals surface area contributed by atoms with Crippen LogP contribution >= 0.6 is 12.4 Å². The van der Waals surface area contributed by atoms with Crippen molar-refractivity contribution in [3.63, 3.8) is 0 Å². The van der Waals surface area contributed by atoms with Crippen LogP contribution in [-0.2, 0) is 9.59 Å². The average molecular weight is 277 g/mol. The van der Waals surface area contributed by atoms with Crippen LogP contribution < -0.4 is 0 Å².